The molecular weight excluding hydrogens is 376 g/mol. The van der Waals surface area contributed by atoms with Crippen LogP contribution in [-0.4, -0.2) is 62.4 Å². The maximum atomic E-state index is 4.77. The lowest BCUT2D eigenvalue weighted by atomic mass is 10.2. The van der Waals surface area contributed by atoms with Gasteiger partial charge in [0.1, 0.15) is 11.3 Å². The van der Waals surface area contributed by atoms with Crippen LogP contribution in [0.15, 0.2) is 42.9 Å². The Hall–Kier alpha value is -3.26. The van der Waals surface area contributed by atoms with E-state index in [1.165, 1.54) is 0 Å². The molecular formula is C22H26N8. The third kappa shape index (κ3) is 3.43. The Balaban J connectivity index is 1.38. The average Bonchev–Trinajstić information content (AvgIpc) is 3.23. The van der Waals surface area contributed by atoms with Gasteiger partial charge in [0.2, 0.25) is 5.95 Å². The second-order valence-electron chi connectivity index (χ2n) is 7.54. The topological polar surface area (TPSA) is 75.0 Å². The number of rotatable bonds is 5. The summed E-state index contributed by atoms with van der Waals surface area (Å²) in [6, 6.07) is 8.21. The highest BCUT2D eigenvalue weighted by Gasteiger charge is 2.16. The normalized spacial score (nSPS) is 15.2. The second kappa shape index (κ2) is 7.87. The van der Waals surface area contributed by atoms with Gasteiger partial charge in [-0.25, -0.2) is 15.0 Å². The van der Waals surface area contributed by atoms with Crippen LogP contribution in [0.1, 0.15) is 13.8 Å². The van der Waals surface area contributed by atoms with E-state index in [1.807, 2.05) is 35.4 Å². The Morgan fingerprint density at radius 2 is 1.70 bits per heavy atom. The molecule has 0 spiro atoms. The fourth-order valence-electron chi connectivity index (χ4n) is 4.05. The summed E-state index contributed by atoms with van der Waals surface area (Å²) < 4.78 is 1.97. The van der Waals surface area contributed by atoms with E-state index in [0.717, 1.165) is 72.6 Å². The monoisotopic (exact) mass is 402 g/mol. The van der Waals surface area contributed by atoms with Crippen LogP contribution in [0.5, 0.6) is 0 Å². The van der Waals surface area contributed by atoms with Gasteiger partial charge in [0.05, 0.1) is 23.6 Å². The number of pyridine rings is 1. The minimum absolute atomic E-state index is 0.538. The number of fused-ring (bicyclic) bond motifs is 3. The molecule has 0 atom stereocenters. The molecule has 154 valence electrons. The molecule has 3 aromatic heterocycles. The highest BCUT2D eigenvalue weighted by Crippen LogP contribution is 2.25. The molecule has 1 aliphatic heterocycles. The van der Waals surface area contributed by atoms with Crippen molar-refractivity contribution in [1.82, 2.24) is 29.6 Å². The third-order valence-electron chi connectivity index (χ3n) is 5.82. The predicted octanol–water partition coefficient (Wildman–Crippen LogP) is 3.28. The Labute approximate surface area is 175 Å². The summed E-state index contributed by atoms with van der Waals surface area (Å²) in [5.74, 6) is 1.28. The summed E-state index contributed by atoms with van der Waals surface area (Å²) in [5, 5.41) is 9.79. The summed E-state index contributed by atoms with van der Waals surface area (Å²) >= 11 is 0. The molecule has 1 aromatic carbocycles. The lowest BCUT2D eigenvalue weighted by Crippen LogP contribution is -2.46. The summed E-state index contributed by atoms with van der Waals surface area (Å²) in [7, 11) is 0. The van der Waals surface area contributed by atoms with Crippen molar-refractivity contribution in [1.29, 1.82) is 0 Å². The predicted molar refractivity (Wildman–Crippen MR) is 120 cm³/mol. The quantitative estimate of drug-likeness (QED) is 0.549. The van der Waals surface area contributed by atoms with E-state index in [-0.39, 0.29) is 0 Å². The van der Waals surface area contributed by atoms with Gasteiger partial charge >= 0.3 is 0 Å². The number of aryl methyl sites for hydroxylation is 1. The standard InChI is InChI=1S/C22H26N8/c1-3-28-9-11-29(12-10-28)18-7-8-19(23-15-18)26-22-24-13-16-5-6-17-14-25-30(4-2)21(17)20(16)27-22/h5-8,13-15H,3-4,9-12H2,1-2H3,(H,23,24,26,27). The van der Waals surface area contributed by atoms with Crippen molar-refractivity contribution in [3.8, 4) is 0 Å². The van der Waals surface area contributed by atoms with Crippen LogP contribution in [-0.2, 0) is 6.54 Å². The van der Waals surface area contributed by atoms with E-state index in [0.29, 0.717) is 5.95 Å². The van der Waals surface area contributed by atoms with Gasteiger partial charge in [-0.3, -0.25) is 4.68 Å². The van der Waals surface area contributed by atoms with E-state index >= 15 is 0 Å². The molecule has 30 heavy (non-hydrogen) atoms. The number of benzene rings is 1. The van der Waals surface area contributed by atoms with Gasteiger partial charge in [0.25, 0.3) is 0 Å². The van der Waals surface area contributed by atoms with E-state index in [2.05, 4.69) is 56.2 Å². The van der Waals surface area contributed by atoms with Gasteiger partial charge in [0, 0.05) is 49.7 Å². The zero-order chi connectivity index (χ0) is 20.5. The first-order valence-electron chi connectivity index (χ1n) is 10.6. The molecule has 0 unspecified atom stereocenters. The molecule has 1 fully saturated rings. The van der Waals surface area contributed by atoms with Gasteiger partial charge in [-0.2, -0.15) is 5.10 Å². The lowest BCUT2D eigenvalue weighted by Gasteiger charge is -2.35. The second-order valence-corrected chi connectivity index (χ2v) is 7.54. The molecule has 1 N–H and O–H groups in total. The first kappa shape index (κ1) is 18.7. The largest absolute Gasteiger partial charge is 0.368 e. The number of aromatic nitrogens is 5. The van der Waals surface area contributed by atoms with E-state index < -0.39 is 0 Å². The molecule has 0 bridgehead atoms. The van der Waals surface area contributed by atoms with Crippen molar-refractivity contribution in [3.05, 3.63) is 42.9 Å². The highest BCUT2D eigenvalue weighted by atomic mass is 15.3. The number of hydrogen-bond acceptors (Lipinski definition) is 7. The maximum Gasteiger partial charge on any atom is 0.228 e. The zero-order valence-electron chi connectivity index (χ0n) is 17.4. The molecule has 0 amide bonds. The molecule has 4 aromatic rings. The Morgan fingerprint density at radius 1 is 0.867 bits per heavy atom. The number of piperazine rings is 1. The van der Waals surface area contributed by atoms with E-state index in [1.54, 1.807) is 0 Å². The summed E-state index contributed by atoms with van der Waals surface area (Å²) in [6.07, 6.45) is 5.65. The fourth-order valence-corrected chi connectivity index (χ4v) is 4.05. The van der Waals surface area contributed by atoms with Crippen LogP contribution in [0.3, 0.4) is 0 Å². The summed E-state index contributed by atoms with van der Waals surface area (Å²) in [6.45, 7) is 10.5. The SMILES string of the molecule is CCN1CCN(c2ccc(Nc3ncc4ccc5cnn(CC)c5c4n3)nc2)CC1. The molecule has 0 aliphatic carbocycles. The molecule has 5 rings (SSSR count). The molecule has 1 saturated heterocycles. The maximum absolute atomic E-state index is 4.77. The van der Waals surface area contributed by atoms with Crippen LogP contribution >= 0.6 is 0 Å². The average molecular weight is 403 g/mol. The minimum Gasteiger partial charge on any atom is -0.368 e. The van der Waals surface area contributed by atoms with Gasteiger partial charge in [-0.05, 0) is 25.6 Å². The molecule has 8 nitrogen and oxygen atoms in total. The number of nitrogens with one attached hydrogen (secondary N) is 1. The molecule has 0 saturated carbocycles. The summed E-state index contributed by atoms with van der Waals surface area (Å²) in [5.41, 5.74) is 3.09. The van der Waals surface area contributed by atoms with E-state index in [4.69, 9.17) is 4.98 Å². The van der Waals surface area contributed by atoms with E-state index in [9.17, 15) is 0 Å². The molecule has 8 heteroatoms. The Morgan fingerprint density at radius 3 is 2.43 bits per heavy atom. The van der Waals surface area contributed by atoms with Crippen molar-refractivity contribution in [3.63, 3.8) is 0 Å². The van der Waals surface area contributed by atoms with Crippen molar-refractivity contribution in [2.24, 2.45) is 0 Å². The third-order valence-corrected chi connectivity index (χ3v) is 5.82. The van der Waals surface area contributed by atoms with Gasteiger partial charge in [0.15, 0.2) is 0 Å². The van der Waals surface area contributed by atoms with Crippen LogP contribution < -0.4 is 10.2 Å². The molecule has 4 heterocycles. The van der Waals surface area contributed by atoms with Crippen molar-refractivity contribution < 1.29 is 0 Å². The van der Waals surface area contributed by atoms with Crippen LogP contribution in [0.25, 0.3) is 21.8 Å². The smallest absolute Gasteiger partial charge is 0.228 e. The highest BCUT2D eigenvalue weighted by molar-refractivity contribution is 6.03. The van der Waals surface area contributed by atoms with Crippen molar-refractivity contribution >= 4 is 39.3 Å². The Kier molecular flexibility index (Phi) is 4.92. The van der Waals surface area contributed by atoms with Gasteiger partial charge in [-0.15, -0.1) is 0 Å². The minimum atomic E-state index is 0.538. The van der Waals surface area contributed by atoms with Crippen molar-refractivity contribution in [2.75, 3.05) is 42.9 Å². The van der Waals surface area contributed by atoms with Gasteiger partial charge in [-0.1, -0.05) is 19.1 Å². The number of anilines is 3. The Bertz CT molecular complexity index is 1160. The molecule has 1 aliphatic rings. The number of hydrogen-bond donors (Lipinski definition) is 1. The van der Waals surface area contributed by atoms with Crippen LogP contribution in [0.4, 0.5) is 17.5 Å². The van der Waals surface area contributed by atoms with Crippen LogP contribution in [0, 0.1) is 0 Å². The van der Waals surface area contributed by atoms with Gasteiger partial charge < -0.3 is 15.1 Å². The van der Waals surface area contributed by atoms with Crippen molar-refractivity contribution in [2.45, 2.75) is 20.4 Å². The lowest BCUT2D eigenvalue weighted by molar-refractivity contribution is 0.271. The van der Waals surface area contributed by atoms with Crippen LogP contribution in [0.2, 0.25) is 0 Å². The molecule has 0 radical (unpaired) electrons. The number of likely N-dealkylation sites (N-methyl/N-ethyl adjacent to an activating group) is 1. The first-order chi connectivity index (χ1) is 14.7. The first-order valence-corrected chi connectivity index (χ1v) is 10.6. The number of nitrogens with zero attached hydrogens (tertiary/aromatic N) is 7. The zero-order valence-corrected chi connectivity index (χ0v) is 17.4. The fraction of sp³-hybridized carbons (Fsp3) is 0.364. The summed E-state index contributed by atoms with van der Waals surface area (Å²) in [4.78, 5) is 18.7.